The quantitative estimate of drug-likeness (QED) is 0.766. The van der Waals surface area contributed by atoms with Crippen molar-refractivity contribution >= 4 is 9.63 Å². The van der Waals surface area contributed by atoms with Gasteiger partial charge >= 0.3 is 0 Å². The molecule has 74 valence electrons. The summed E-state index contributed by atoms with van der Waals surface area (Å²) in [6, 6.07) is 7.80. The largest absolute Gasteiger partial charge is 0.380 e. The lowest BCUT2D eigenvalue weighted by atomic mass is 10.4. The highest BCUT2D eigenvalue weighted by Gasteiger charge is 2.34. The molecule has 0 heterocycles. The number of rotatable bonds is 3. The molecule has 13 heavy (non-hydrogen) atoms. The van der Waals surface area contributed by atoms with Gasteiger partial charge in [0.05, 0.1) is 12.0 Å². The summed E-state index contributed by atoms with van der Waals surface area (Å²) in [7, 11) is -3.39. The van der Waals surface area contributed by atoms with Gasteiger partial charge < -0.3 is 9.66 Å². The van der Waals surface area contributed by atoms with Crippen molar-refractivity contribution in [3.05, 3.63) is 30.3 Å². The van der Waals surface area contributed by atoms with Crippen LogP contribution in [-0.4, -0.2) is 26.9 Å². The molecule has 2 N–H and O–H groups in total. The number of hydrogen-bond donors (Lipinski definition) is 2. The summed E-state index contributed by atoms with van der Waals surface area (Å²) in [5.41, 5.74) is 0. The van der Waals surface area contributed by atoms with Gasteiger partial charge in [-0.05, 0) is 12.1 Å². The topological polar surface area (TPSA) is 66.8 Å². The summed E-state index contributed by atoms with van der Waals surface area (Å²) in [5.74, 6) is -0.933. The maximum absolute atomic E-state index is 11.8. The third-order valence-electron chi connectivity index (χ3n) is 1.78. The van der Waals surface area contributed by atoms with Crippen molar-refractivity contribution in [2.24, 2.45) is 0 Å². The fourth-order valence-corrected chi connectivity index (χ4v) is 2.05. The number of benzene rings is 1. The highest BCUT2D eigenvalue weighted by atomic mass is 32.3. The minimum absolute atomic E-state index is 0.0875. The van der Waals surface area contributed by atoms with E-state index in [1.165, 1.54) is 12.1 Å². The average molecular weight is 204 g/mol. The van der Waals surface area contributed by atoms with E-state index in [0.29, 0.717) is 0 Å². The van der Waals surface area contributed by atoms with E-state index in [0.717, 1.165) is 7.11 Å². The summed E-state index contributed by atoms with van der Waals surface area (Å²) >= 11 is 0. The Bertz CT molecular complexity index is 338. The second kappa shape index (κ2) is 3.19. The molecular weight excluding hydrogens is 192 g/mol. The second-order valence-corrected chi connectivity index (χ2v) is 5.62. The van der Waals surface area contributed by atoms with Gasteiger partial charge in [0.15, 0.2) is 0 Å². The summed E-state index contributed by atoms with van der Waals surface area (Å²) in [5, 5.41) is 8.86. The second-order valence-electron chi connectivity index (χ2n) is 2.59. The van der Waals surface area contributed by atoms with E-state index in [4.69, 9.17) is 5.11 Å². The van der Waals surface area contributed by atoms with Crippen LogP contribution in [0.1, 0.15) is 0 Å². The van der Waals surface area contributed by atoms with Crippen molar-refractivity contribution in [1.29, 1.82) is 0 Å². The van der Waals surface area contributed by atoms with E-state index in [-0.39, 0.29) is 4.90 Å². The molecule has 0 aliphatic heterocycles. The van der Waals surface area contributed by atoms with Gasteiger partial charge in [-0.1, -0.05) is 18.2 Å². The summed E-state index contributed by atoms with van der Waals surface area (Å²) in [6.07, 6.45) is 0. The van der Waals surface area contributed by atoms with Crippen molar-refractivity contribution in [3.8, 4) is 0 Å². The van der Waals surface area contributed by atoms with Crippen LogP contribution in [0.25, 0.3) is 0 Å². The predicted octanol–water partition coefficient (Wildman–Crippen LogP) is 0.850. The van der Waals surface area contributed by atoms with Crippen molar-refractivity contribution < 1.29 is 18.1 Å². The van der Waals surface area contributed by atoms with Crippen LogP contribution in [0, 0.1) is 0 Å². The van der Waals surface area contributed by atoms with Gasteiger partial charge in [0, 0.05) is 0 Å². The Labute approximate surface area is 76.6 Å². The van der Waals surface area contributed by atoms with Gasteiger partial charge in [-0.2, -0.15) is 0 Å². The number of aliphatic hydroxyl groups excluding tert-OH is 1. The van der Waals surface area contributed by atoms with Gasteiger partial charge in [0.25, 0.3) is 0 Å². The molecule has 0 fully saturated rings. The minimum atomic E-state index is -4.48. The van der Waals surface area contributed by atoms with Gasteiger partial charge in [-0.3, -0.25) is 4.18 Å². The molecule has 0 unspecified atom stereocenters. The fourth-order valence-electron chi connectivity index (χ4n) is 0.912. The van der Waals surface area contributed by atoms with Gasteiger partial charge in [0.2, 0.25) is 0 Å². The average Bonchev–Trinajstić information content (AvgIpc) is 2.20. The summed E-state index contributed by atoms with van der Waals surface area (Å²) in [4.78, 5) is 0.0875. The first-order valence-electron chi connectivity index (χ1n) is 3.64. The lowest BCUT2D eigenvalue weighted by molar-refractivity contribution is 0.265. The molecule has 0 amide bonds. The Morgan fingerprint density at radius 3 is 2.31 bits per heavy atom. The Hall–Kier alpha value is -0.750. The molecule has 1 aromatic rings. The van der Waals surface area contributed by atoms with Crippen LogP contribution < -0.4 is 0 Å². The zero-order valence-electron chi connectivity index (χ0n) is 7.21. The maximum atomic E-state index is 11.8. The Balaban J connectivity index is 3.28. The van der Waals surface area contributed by atoms with Gasteiger partial charge in [0.1, 0.15) is 15.6 Å². The standard InChI is InChI=1S/C8H12O4S/c1-12-13(10,11,7-9)8-5-3-2-4-6-8/h2-6,9H,7H2,1H3,(H,10,11). The highest BCUT2D eigenvalue weighted by Crippen LogP contribution is 2.31. The molecule has 0 saturated heterocycles. The van der Waals surface area contributed by atoms with Crippen molar-refractivity contribution in [2.45, 2.75) is 4.90 Å². The first-order valence-corrected chi connectivity index (χ1v) is 5.66. The molecule has 1 aromatic carbocycles. The molecule has 0 spiro atoms. The molecule has 0 aliphatic rings. The molecule has 0 saturated carbocycles. The normalized spacial score (nSPS) is 14.8. The molecule has 5 heteroatoms. The molecule has 0 radical (unpaired) electrons. The molecular formula is C8H12O4S. The molecule has 0 aromatic heterocycles. The van der Waals surface area contributed by atoms with Gasteiger partial charge in [-0.25, -0.2) is 4.21 Å². The third-order valence-corrected chi connectivity index (χ3v) is 4.12. The van der Waals surface area contributed by atoms with Crippen molar-refractivity contribution in [2.75, 3.05) is 13.0 Å². The summed E-state index contributed by atoms with van der Waals surface area (Å²) in [6.45, 7) is 0. The van der Waals surface area contributed by atoms with Crippen LogP contribution in [-0.2, 0) is 13.8 Å². The van der Waals surface area contributed by atoms with E-state index in [2.05, 4.69) is 4.18 Å². The fraction of sp³-hybridized carbons (Fsp3) is 0.250. The lowest BCUT2D eigenvalue weighted by Crippen LogP contribution is -2.37. The van der Waals surface area contributed by atoms with Crippen molar-refractivity contribution in [1.82, 2.24) is 0 Å². The Kier molecular flexibility index (Phi) is 2.53. The van der Waals surface area contributed by atoms with E-state index in [1.54, 1.807) is 18.2 Å². The molecule has 1 rings (SSSR count). The molecule has 0 aliphatic carbocycles. The Morgan fingerprint density at radius 2 is 1.92 bits per heavy atom. The highest BCUT2D eigenvalue weighted by molar-refractivity contribution is 8.10. The number of hydrogen-bond acceptors (Lipinski definition) is 3. The van der Waals surface area contributed by atoms with Crippen LogP contribution in [0.3, 0.4) is 0 Å². The maximum Gasteiger partial charge on any atom is 0.145 e. The minimum Gasteiger partial charge on any atom is -0.380 e. The first-order chi connectivity index (χ1) is 6.02. The van der Waals surface area contributed by atoms with Crippen LogP contribution in [0.15, 0.2) is 35.2 Å². The lowest BCUT2D eigenvalue weighted by Gasteiger charge is -2.32. The smallest absolute Gasteiger partial charge is 0.145 e. The van der Waals surface area contributed by atoms with Crippen LogP contribution in [0.5, 0.6) is 0 Å². The van der Waals surface area contributed by atoms with Crippen LogP contribution in [0.2, 0.25) is 0 Å². The van der Waals surface area contributed by atoms with Gasteiger partial charge in [-0.15, -0.1) is 0 Å². The van der Waals surface area contributed by atoms with Crippen molar-refractivity contribution in [3.63, 3.8) is 0 Å². The zero-order chi connectivity index (χ0) is 9.97. The molecule has 4 nitrogen and oxygen atoms in total. The van der Waals surface area contributed by atoms with E-state index >= 15 is 0 Å². The van der Waals surface area contributed by atoms with E-state index in [1.807, 2.05) is 0 Å². The van der Waals surface area contributed by atoms with Crippen LogP contribution in [0.4, 0.5) is 0 Å². The third kappa shape index (κ3) is 1.78. The van der Waals surface area contributed by atoms with E-state index < -0.39 is 15.6 Å². The molecule has 0 bridgehead atoms. The predicted molar refractivity (Wildman–Crippen MR) is 49.6 cm³/mol. The Morgan fingerprint density at radius 1 is 1.38 bits per heavy atom. The summed E-state index contributed by atoms with van der Waals surface area (Å²) < 4.78 is 26.0. The number of aliphatic hydroxyl groups is 1. The first kappa shape index (κ1) is 10.3. The monoisotopic (exact) mass is 204 g/mol. The zero-order valence-corrected chi connectivity index (χ0v) is 8.03. The molecule has 0 atom stereocenters. The van der Waals surface area contributed by atoms with E-state index in [9.17, 15) is 8.76 Å². The van der Waals surface area contributed by atoms with Crippen LogP contribution >= 0.6 is 0 Å². The SMILES string of the molecule is COS(=O)(O)(CO)c1ccccc1.